The summed E-state index contributed by atoms with van der Waals surface area (Å²) in [6.45, 7) is 0. The largest absolute Gasteiger partial charge is 0.370 e. The Morgan fingerprint density at radius 2 is 1.77 bits per heavy atom. The molecule has 1 spiro atoms. The van der Waals surface area contributed by atoms with Gasteiger partial charge in [0, 0.05) is 28.7 Å². The van der Waals surface area contributed by atoms with E-state index in [1.807, 2.05) is 0 Å². The fourth-order valence-electron chi connectivity index (χ4n) is 5.15. The van der Waals surface area contributed by atoms with Gasteiger partial charge in [-0.2, -0.15) is 0 Å². The lowest BCUT2D eigenvalue weighted by molar-refractivity contribution is -0.130. The van der Waals surface area contributed by atoms with Crippen molar-refractivity contribution in [1.82, 2.24) is 5.32 Å². The highest BCUT2D eigenvalue weighted by atomic mass is 35.5. The Labute approximate surface area is 182 Å². The predicted octanol–water partition coefficient (Wildman–Crippen LogP) is 1.53. The van der Waals surface area contributed by atoms with Crippen molar-refractivity contribution in [3.8, 4) is 0 Å². The zero-order valence-electron chi connectivity index (χ0n) is 16.3. The maximum absolute atomic E-state index is 13.6. The maximum atomic E-state index is 13.6. The van der Waals surface area contributed by atoms with Gasteiger partial charge in [0.25, 0.3) is 0 Å². The molecule has 0 radical (unpaired) electrons. The Balaban J connectivity index is 1.64. The maximum Gasteiger partial charge on any atom is 0.250 e. The number of carbonyl (C=O) groups is 4. The van der Waals surface area contributed by atoms with Crippen molar-refractivity contribution in [2.75, 3.05) is 10.2 Å². The number of rotatable bonds is 4. The average Bonchev–Trinajstić information content (AvgIpc) is 3.32. The summed E-state index contributed by atoms with van der Waals surface area (Å²) in [5, 5.41) is 6.57. The molecule has 2 fully saturated rings. The number of amides is 4. The topological polar surface area (TPSA) is 122 Å². The van der Waals surface area contributed by atoms with Gasteiger partial charge in [-0.05, 0) is 36.8 Å². The monoisotopic (exact) mass is 438 g/mol. The second-order valence-corrected chi connectivity index (χ2v) is 8.49. The minimum Gasteiger partial charge on any atom is -0.370 e. The number of hydrogen-bond donors (Lipinski definition) is 3. The number of carbonyl (C=O) groups excluding carboxylic acids is 4. The van der Waals surface area contributed by atoms with E-state index in [1.165, 1.54) is 0 Å². The van der Waals surface area contributed by atoms with Crippen LogP contribution < -0.4 is 21.3 Å². The molecule has 31 heavy (non-hydrogen) atoms. The van der Waals surface area contributed by atoms with Gasteiger partial charge < -0.3 is 11.1 Å². The van der Waals surface area contributed by atoms with Crippen LogP contribution in [0.3, 0.4) is 0 Å². The number of benzene rings is 2. The van der Waals surface area contributed by atoms with Crippen molar-refractivity contribution in [3.63, 3.8) is 0 Å². The molecule has 0 bridgehead atoms. The highest BCUT2D eigenvalue weighted by Crippen LogP contribution is 2.54. The molecule has 4 N–H and O–H groups in total. The van der Waals surface area contributed by atoms with Gasteiger partial charge in [0.05, 0.1) is 17.5 Å². The van der Waals surface area contributed by atoms with Crippen molar-refractivity contribution in [1.29, 1.82) is 0 Å². The first-order valence-electron chi connectivity index (χ1n) is 9.95. The van der Waals surface area contributed by atoms with E-state index in [2.05, 4.69) is 10.6 Å². The van der Waals surface area contributed by atoms with Crippen LogP contribution in [0.25, 0.3) is 0 Å². The number of nitrogens with zero attached hydrogens (tertiary/aromatic N) is 1. The first kappa shape index (κ1) is 19.7. The number of anilines is 2. The van der Waals surface area contributed by atoms with Crippen LogP contribution in [-0.4, -0.2) is 29.7 Å². The molecule has 8 nitrogen and oxygen atoms in total. The van der Waals surface area contributed by atoms with Gasteiger partial charge in [0.1, 0.15) is 5.54 Å². The lowest BCUT2D eigenvalue weighted by Crippen LogP contribution is -2.53. The zero-order valence-corrected chi connectivity index (χ0v) is 17.1. The third-order valence-electron chi connectivity index (χ3n) is 6.41. The highest BCUT2D eigenvalue weighted by Gasteiger charge is 2.70. The zero-order chi connectivity index (χ0) is 21.9. The van der Waals surface area contributed by atoms with Crippen LogP contribution in [0, 0.1) is 11.8 Å². The Morgan fingerprint density at radius 3 is 2.48 bits per heavy atom. The number of para-hydroxylation sites is 1. The standard InChI is InChI=1S/C22H19ClN4O4/c23-11-5-7-12(8-6-11)27-19(29)17-15(9-10-16(24)28)26-22(18(17)20(27)30)13-3-1-2-4-14(13)25-21(22)31/h1-8,15,17-18,26H,9-10H2,(H2,24,28)(H,25,31)/t15-,17+,18+,22+/m0/s1. The number of fused-ring (bicyclic) bond motifs is 4. The Hall–Kier alpha value is -3.23. The molecule has 158 valence electrons. The summed E-state index contributed by atoms with van der Waals surface area (Å²) in [6, 6.07) is 12.9. The molecule has 3 aliphatic heterocycles. The van der Waals surface area contributed by atoms with Crippen LogP contribution in [0.4, 0.5) is 11.4 Å². The Bertz CT molecular complexity index is 1130. The second kappa shape index (κ2) is 6.90. The molecule has 4 atom stereocenters. The van der Waals surface area contributed by atoms with Crippen molar-refractivity contribution in [2.45, 2.75) is 24.4 Å². The van der Waals surface area contributed by atoms with Gasteiger partial charge in [-0.15, -0.1) is 0 Å². The molecular formula is C22H19ClN4O4. The SMILES string of the molecule is NC(=O)CC[C@@H]1N[C@@]2(C(=O)Nc3ccccc32)[C@H]2C(=O)N(c3ccc(Cl)cc3)C(=O)[C@H]12. The minimum absolute atomic E-state index is 0.0304. The molecule has 0 aliphatic carbocycles. The van der Waals surface area contributed by atoms with E-state index in [4.69, 9.17) is 17.3 Å². The molecule has 4 amide bonds. The van der Waals surface area contributed by atoms with Crippen molar-refractivity contribution in [2.24, 2.45) is 17.6 Å². The summed E-state index contributed by atoms with van der Waals surface area (Å²) in [6.07, 6.45) is 0.268. The quantitative estimate of drug-likeness (QED) is 0.625. The van der Waals surface area contributed by atoms with Crippen LogP contribution >= 0.6 is 11.6 Å². The molecule has 9 heteroatoms. The van der Waals surface area contributed by atoms with Gasteiger partial charge >= 0.3 is 0 Å². The van der Waals surface area contributed by atoms with Gasteiger partial charge in [0.2, 0.25) is 23.6 Å². The molecule has 2 aromatic rings. The molecular weight excluding hydrogens is 420 g/mol. The third kappa shape index (κ3) is 2.72. The Morgan fingerprint density at radius 1 is 1.06 bits per heavy atom. The smallest absolute Gasteiger partial charge is 0.250 e. The average molecular weight is 439 g/mol. The van der Waals surface area contributed by atoms with Gasteiger partial charge in [0.15, 0.2) is 0 Å². The summed E-state index contributed by atoms with van der Waals surface area (Å²) >= 11 is 5.96. The molecule has 3 aliphatic rings. The number of nitrogens with two attached hydrogens (primary N) is 1. The lowest BCUT2D eigenvalue weighted by atomic mass is 9.76. The molecule has 2 aromatic carbocycles. The molecule has 5 rings (SSSR count). The number of halogens is 1. The fourth-order valence-corrected chi connectivity index (χ4v) is 5.28. The van der Waals surface area contributed by atoms with E-state index < -0.39 is 41.1 Å². The third-order valence-corrected chi connectivity index (χ3v) is 6.66. The number of primary amides is 1. The molecule has 2 saturated heterocycles. The molecule has 0 aromatic heterocycles. The van der Waals surface area contributed by atoms with E-state index in [1.54, 1.807) is 48.5 Å². The summed E-state index contributed by atoms with van der Waals surface area (Å²) in [5.41, 5.74) is 5.55. The van der Waals surface area contributed by atoms with Crippen LogP contribution in [0.1, 0.15) is 18.4 Å². The summed E-state index contributed by atoms with van der Waals surface area (Å²) in [7, 11) is 0. The van der Waals surface area contributed by atoms with E-state index in [-0.39, 0.29) is 18.7 Å². The van der Waals surface area contributed by atoms with Crippen LogP contribution in [0.15, 0.2) is 48.5 Å². The van der Waals surface area contributed by atoms with Gasteiger partial charge in [-0.1, -0.05) is 29.8 Å². The number of hydrogen-bond acceptors (Lipinski definition) is 5. The van der Waals surface area contributed by atoms with Crippen molar-refractivity contribution < 1.29 is 19.2 Å². The minimum atomic E-state index is -1.39. The van der Waals surface area contributed by atoms with E-state index in [0.29, 0.717) is 22.0 Å². The van der Waals surface area contributed by atoms with Crippen LogP contribution in [-0.2, 0) is 24.7 Å². The normalized spacial score (nSPS) is 28.7. The summed E-state index contributed by atoms with van der Waals surface area (Å²) in [5.74, 6) is -3.52. The number of nitrogens with one attached hydrogen (secondary N) is 2. The van der Waals surface area contributed by atoms with Crippen molar-refractivity contribution in [3.05, 3.63) is 59.1 Å². The first-order valence-corrected chi connectivity index (χ1v) is 10.3. The van der Waals surface area contributed by atoms with E-state index >= 15 is 0 Å². The van der Waals surface area contributed by atoms with Crippen LogP contribution in [0.5, 0.6) is 0 Å². The number of imide groups is 1. The first-order chi connectivity index (χ1) is 14.8. The van der Waals surface area contributed by atoms with Crippen LogP contribution in [0.2, 0.25) is 5.02 Å². The lowest BCUT2D eigenvalue weighted by Gasteiger charge is -2.29. The van der Waals surface area contributed by atoms with E-state index in [9.17, 15) is 19.2 Å². The summed E-state index contributed by atoms with van der Waals surface area (Å²) in [4.78, 5) is 52.9. The Kier molecular flexibility index (Phi) is 4.39. The van der Waals surface area contributed by atoms with Crippen molar-refractivity contribution >= 4 is 46.6 Å². The summed E-state index contributed by atoms with van der Waals surface area (Å²) < 4.78 is 0. The molecule has 0 unspecified atom stereocenters. The second-order valence-electron chi connectivity index (χ2n) is 8.06. The van der Waals surface area contributed by atoms with Gasteiger partial charge in [-0.3, -0.25) is 24.5 Å². The molecule has 3 heterocycles. The molecule has 0 saturated carbocycles. The highest BCUT2D eigenvalue weighted by molar-refractivity contribution is 6.31. The predicted molar refractivity (Wildman–Crippen MR) is 113 cm³/mol. The fraction of sp³-hybridized carbons (Fsp3) is 0.273. The van der Waals surface area contributed by atoms with E-state index in [0.717, 1.165) is 4.90 Å². The van der Waals surface area contributed by atoms with Gasteiger partial charge in [-0.25, -0.2) is 4.90 Å².